The van der Waals surface area contributed by atoms with Gasteiger partial charge in [-0.2, -0.15) is 0 Å². The van der Waals surface area contributed by atoms with E-state index in [4.69, 9.17) is 17.3 Å². The lowest BCUT2D eigenvalue weighted by Crippen LogP contribution is -2.01. The third kappa shape index (κ3) is 2.37. The molecule has 0 saturated heterocycles. The Bertz CT molecular complexity index is 716. The van der Waals surface area contributed by atoms with Crippen LogP contribution in [0.4, 0.5) is 0 Å². The number of fused-ring (bicyclic) bond motifs is 1. The number of halogens is 1. The molecule has 0 aliphatic heterocycles. The zero-order valence-corrected chi connectivity index (χ0v) is 11.2. The topological polar surface area (TPSA) is 41.8 Å². The fraction of sp³-hybridized carbons (Fsp3) is 0.125. The van der Waals surface area contributed by atoms with E-state index in [1.54, 1.807) is 0 Å². The predicted octanol–water partition coefficient (Wildman–Crippen LogP) is 3.99. The van der Waals surface area contributed by atoms with E-state index in [9.17, 15) is 0 Å². The molecule has 0 saturated carbocycles. The van der Waals surface area contributed by atoms with Crippen molar-refractivity contribution in [3.05, 3.63) is 59.2 Å². The third-order valence-corrected chi connectivity index (χ3v) is 3.57. The number of aromatic nitrogens is 1. The van der Waals surface area contributed by atoms with E-state index in [1.165, 1.54) is 16.5 Å². The standard InChI is InChI=1S/C16H15ClN2/c17-14-3-1-2-11(8-14)12-4-5-16-15(9-12)13(6-7-18)10-19-16/h1-5,8-10,19H,6-7,18H2. The monoisotopic (exact) mass is 270 g/mol. The summed E-state index contributed by atoms with van der Waals surface area (Å²) in [5, 5.41) is 2.00. The highest BCUT2D eigenvalue weighted by Gasteiger charge is 2.05. The van der Waals surface area contributed by atoms with E-state index < -0.39 is 0 Å². The lowest BCUT2D eigenvalue weighted by molar-refractivity contribution is 0.976. The molecule has 0 radical (unpaired) electrons. The van der Waals surface area contributed by atoms with Gasteiger partial charge in [0.1, 0.15) is 0 Å². The minimum absolute atomic E-state index is 0.661. The molecule has 0 aliphatic carbocycles. The van der Waals surface area contributed by atoms with Crippen LogP contribution in [0, 0.1) is 0 Å². The van der Waals surface area contributed by atoms with Crippen LogP contribution in [0.1, 0.15) is 5.56 Å². The Morgan fingerprint density at radius 3 is 2.68 bits per heavy atom. The van der Waals surface area contributed by atoms with E-state index >= 15 is 0 Å². The van der Waals surface area contributed by atoms with Crippen LogP contribution in [0.2, 0.25) is 5.02 Å². The minimum atomic E-state index is 0.661. The quantitative estimate of drug-likeness (QED) is 0.742. The van der Waals surface area contributed by atoms with Crippen molar-refractivity contribution in [2.45, 2.75) is 6.42 Å². The minimum Gasteiger partial charge on any atom is -0.361 e. The molecule has 1 aromatic heterocycles. The summed E-state index contributed by atoms with van der Waals surface area (Å²) in [7, 11) is 0. The van der Waals surface area contributed by atoms with E-state index in [2.05, 4.69) is 29.2 Å². The fourth-order valence-electron chi connectivity index (χ4n) is 2.39. The number of rotatable bonds is 3. The van der Waals surface area contributed by atoms with Gasteiger partial charge in [0.25, 0.3) is 0 Å². The first-order valence-corrected chi connectivity index (χ1v) is 6.72. The molecule has 3 rings (SSSR count). The van der Waals surface area contributed by atoms with Crippen molar-refractivity contribution in [2.24, 2.45) is 5.73 Å². The number of benzene rings is 2. The van der Waals surface area contributed by atoms with Crippen LogP contribution in [0.5, 0.6) is 0 Å². The molecular formula is C16H15ClN2. The van der Waals surface area contributed by atoms with Gasteiger partial charge in [0.15, 0.2) is 0 Å². The SMILES string of the molecule is NCCc1c[nH]c2ccc(-c3cccc(Cl)c3)cc12. The Hall–Kier alpha value is -1.77. The largest absolute Gasteiger partial charge is 0.361 e. The Labute approximate surface area is 117 Å². The smallest absolute Gasteiger partial charge is 0.0457 e. The van der Waals surface area contributed by atoms with Crippen LogP contribution in [0.3, 0.4) is 0 Å². The molecule has 0 spiro atoms. The average Bonchev–Trinajstić information content (AvgIpc) is 2.82. The van der Waals surface area contributed by atoms with Crippen molar-refractivity contribution >= 4 is 22.5 Å². The van der Waals surface area contributed by atoms with E-state index in [0.717, 1.165) is 22.5 Å². The van der Waals surface area contributed by atoms with Crippen LogP contribution in [0.25, 0.3) is 22.0 Å². The van der Waals surface area contributed by atoms with Gasteiger partial charge in [-0.25, -0.2) is 0 Å². The molecule has 0 aliphatic rings. The molecule has 0 atom stereocenters. The van der Waals surface area contributed by atoms with Gasteiger partial charge in [-0.05, 0) is 53.9 Å². The first-order valence-electron chi connectivity index (χ1n) is 6.34. The molecule has 0 fully saturated rings. The average molecular weight is 271 g/mol. The Kier molecular flexibility index (Phi) is 3.28. The molecule has 2 nitrogen and oxygen atoms in total. The van der Waals surface area contributed by atoms with Gasteiger partial charge >= 0.3 is 0 Å². The number of hydrogen-bond donors (Lipinski definition) is 2. The van der Waals surface area contributed by atoms with Crippen LogP contribution in [-0.4, -0.2) is 11.5 Å². The molecule has 3 heteroatoms. The molecule has 0 unspecified atom stereocenters. The molecule has 0 amide bonds. The maximum absolute atomic E-state index is 6.05. The zero-order valence-electron chi connectivity index (χ0n) is 10.5. The van der Waals surface area contributed by atoms with Gasteiger partial charge < -0.3 is 10.7 Å². The summed E-state index contributed by atoms with van der Waals surface area (Å²) in [5.41, 5.74) is 10.4. The van der Waals surface area contributed by atoms with E-state index in [-0.39, 0.29) is 0 Å². The third-order valence-electron chi connectivity index (χ3n) is 3.34. The van der Waals surface area contributed by atoms with Gasteiger partial charge in [-0.15, -0.1) is 0 Å². The summed E-state index contributed by atoms with van der Waals surface area (Å²) in [6.07, 6.45) is 2.93. The number of hydrogen-bond acceptors (Lipinski definition) is 1. The van der Waals surface area contributed by atoms with Crippen LogP contribution in [-0.2, 0) is 6.42 Å². The Morgan fingerprint density at radius 1 is 1.05 bits per heavy atom. The van der Waals surface area contributed by atoms with Crippen LogP contribution >= 0.6 is 11.6 Å². The maximum atomic E-state index is 6.05. The lowest BCUT2D eigenvalue weighted by atomic mass is 10.0. The highest BCUT2D eigenvalue weighted by atomic mass is 35.5. The molecule has 3 aromatic rings. The van der Waals surface area contributed by atoms with Crippen molar-refractivity contribution in [2.75, 3.05) is 6.54 Å². The normalized spacial score (nSPS) is 11.1. The lowest BCUT2D eigenvalue weighted by Gasteiger charge is -2.04. The molecule has 19 heavy (non-hydrogen) atoms. The Balaban J connectivity index is 2.12. The summed E-state index contributed by atoms with van der Waals surface area (Å²) in [6.45, 7) is 0.661. The zero-order chi connectivity index (χ0) is 13.2. The second-order valence-corrected chi connectivity index (χ2v) is 5.06. The second-order valence-electron chi connectivity index (χ2n) is 4.62. The first kappa shape index (κ1) is 12.3. The number of nitrogens with one attached hydrogen (secondary N) is 1. The summed E-state index contributed by atoms with van der Waals surface area (Å²) in [5.74, 6) is 0. The highest BCUT2D eigenvalue weighted by Crippen LogP contribution is 2.28. The summed E-state index contributed by atoms with van der Waals surface area (Å²) in [6, 6.07) is 14.3. The second kappa shape index (κ2) is 5.08. The first-order chi connectivity index (χ1) is 9.28. The highest BCUT2D eigenvalue weighted by molar-refractivity contribution is 6.30. The van der Waals surface area contributed by atoms with Gasteiger partial charge in [0.05, 0.1) is 0 Å². The Morgan fingerprint density at radius 2 is 1.89 bits per heavy atom. The van der Waals surface area contributed by atoms with Gasteiger partial charge in [-0.1, -0.05) is 29.8 Å². The fourth-order valence-corrected chi connectivity index (χ4v) is 2.58. The molecule has 0 bridgehead atoms. The van der Waals surface area contributed by atoms with Gasteiger partial charge in [0.2, 0.25) is 0 Å². The van der Waals surface area contributed by atoms with Crippen molar-refractivity contribution in [3.8, 4) is 11.1 Å². The summed E-state index contributed by atoms with van der Waals surface area (Å²) < 4.78 is 0. The van der Waals surface area contributed by atoms with Crippen molar-refractivity contribution < 1.29 is 0 Å². The van der Waals surface area contributed by atoms with Gasteiger partial charge in [0, 0.05) is 22.1 Å². The molecule has 3 N–H and O–H groups in total. The van der Waals surface area contributed by atoms with Crippen LogP contribution in [0.15, 0.2) is 48.7 Å². The van der Waals surface area contributed by atoms with Crippen LogP contribution < -0.4 is 5.73 Å². The van der Waals surface area contributed by atoms with Crippen molar-refractivity contribution in [1.82, 2.24) is 4.98 Å². The molecular weight excluding hydrogens is 256 g/mol. The number of aromatic amines is 1. The van der Waals surface area contributed by atoms with E-state index in [1.807, 2.05) is 24.4 Å². The summed E-state index contributed by atoms with van der Waals surface area (Å²) in [4.78, 5) is 3.28. The van der Waals surface area contributed by atoms with Gasteiger partial charge in [-0.3, -0.25) is 0 Å². The van der Waals surface area contributed by atoms with E-state index in [0.29, 0.717) is 6.54 Å². The summed E-state index contributed by atoms with van der Waals surface area (Å²) >= 11 is 6.05. The predicted molar refractivity (Wildman–Crippen MR) is 81.5 cm³/mol. The van der Waals surface area contributed by atoms with Crippen molar-refractivity contribution in [3.63, 3.8) is 0 Å². The molecule has 2 aromatic carbocycles. The number of H-pyrrole nitrogens is 1. The molecule has 96 valence electrons. The maximum Gasteiger partial charge on any atom is 0.0457 e. The number of nitrogens with two attached hydrogens (primary N) is 1. The molecule has 1 heterocycles. The van der Waals surface area contributed by atoms with Crippen molar-refractivity contribution in [1.29, 1.82) is 0 Å².